The van der Waals surface area contributed by atoms with Crippen LogP contribution in [0.3, 0.4) is 0 Å². The van der Waals surface area contributed by atoms with Crippen LogP contribution in [-0.4, -0.2) is 16.0 Å². The van der Waals surface area contributed by atoms with Gasteiger partial charge in [-0.05, 0) is 42.0 Å². The van der Waals surface area contributed by atoms with E-state index in [1.165, 1.54) is 6.92 Å². The van der Waals surface area contributed by atoms with Gasteiger partial charge < -0.3 is 4.40 Å². The van der Waals surface area contributed by atoms with E-state index in [-0.39, 0.29) is 11.6 Å². The molecule has 132 valence electrons. The number of nitrogens with zero attached hydrogens (tertiary/aromatic N) is 1. The molecule has 4 rings (SSSR count). The maximum absolute atomic E-state index is 13.5. The number of rotatable bonds is 4. The van der Waals surface area contributed by atoms with E-state index in [1.807, 2.05) is 71.3 Å². The van der Waals surface area contributed by atoms with Crippen molar-refractivity contribution in [1.29, 1.82) is 0 Å². The number of halogens is 1. The number of ketones is 2. The van der Waals surface area contributed by atoms with E-state index in [9.17, 15) is 9.59 Å². The van der Waals surface area contributed by atoms with Crippen molar-refractivity contribution in [3.8, 4) is 11.1 Å². The molecule has 0 fully saturated rings. The van der Waals surface area contributed by atoms with Gasteiger partial charge in [-0.15, -0.1) is 0 Å². The third-order valence-electron chi connectivity index (χ3n) is 4.57. The van der Waals surface area contributed by atoms with Crippen molar-refractivity contribution in [1.82, 2.24) is 4.40 Å². The summed E-state index contributed by atoms with van der Waals surface area (Å²) >= 11 is 3.40. The lowest BCUT2D eigenvalue weighted by atomic mass is 9.94. The van der Waals surface area contributed by atoms with E-state index in [1.54, 1.807) is 12.1 Å². The smallest absolute Gasteiger partial charge is 0.195 e. The maximum Gasteiger partial charge on any atom is 0.195 e. The maximum atomic E-state index is 13.5. The first kappa shape index (κ1) is 17.4. The summed E-state index contributed by atoms with van der Waals surface area (Å²) in [5, 5.41) is 0. The number of carbonyl (C=O) groups is 2. The Hall–Kier alpha value is -2.98. The second-order valence-corrected chi connectivity index (χ2v) is 7.23. The number of fused-ring (bicyclic) bond motifs is 1. The van der Waals surface area contributed by atoms with Crippen LogP contribution in [0, 0.1) is 0 Å². The number of hydrogen-bond donors (Lipinski definition) is 0. The summed E-state index contributed by atoms with van der Waals surface area (Å²) < 4.78 is 2.73. The number of benzene rings is 2. The molecular weight excluding hydrogens is 402 g/mol. The van der Waals surface area contributed by atoms with Crippen molar-refractivity contribution >= 4 is 33.0 Å². The van der Waals surface area contributed by atoms with Crippen molar-refractivity contribution < 1.29 is 9.59 Å². The van der Waals surface area contributed by atoms with E-state index in [0.29, 0.717) is 22.4 Å². The lowest BCUT2D eigenvalue weighted by molar-refractivity contribution is 0.101. The van der Waals surface area contributed by atoms with Crippen LogP contribution in [0.2, 0.25) is 0 Å². The van der Waals surface area contributed by atoms with Crippen LogP contribution in [0.15, 0.2) is 83.5 Å². The predicted octanol–water partition coefficient (Wildman–Crippen LogP) is 5.80. The quantitative estimate of drug-likeness (QED) is 0.393. The Morgan fingerprint density at radius 3 is 2.19 bits per heavy atom. The molecule has 0 aliphatic heterocycles. The zero-order chi connectivity index (χ0) is 19.0. The molecule has 0 saturated heterocycles. The Morgan fingerprint density at radius 2 is 1.52 bits per heavy atom. The minimum Gasteiger partial charge on any atom is -0.313 e. The van der Waals surface area contributed by atoms with Crippen LogP contribution in [0.5, 0.6) is 0 Å². The van der Waals surface area contributed by atoms with E-state index < -0.39 is 0 Å². The molecule has 27 heavy (non-hydrogen) atoms. The van der Waals surface area contributed by atoms with Gasteiger partial charge in [0.2, 0.25) is 0 Å². The van der Waals surface area contributed by atoms with E-state index in [0.717, 1.165) is 15.6 Å². The topological polar surface area (TPSA) is 38.5 Å². The summed E-state index contributed by atoms with van der Waals surface area (Å²) in [7, 11) is 0. The van der Waals surface area contributed by atoms with Gasteiger partial charge in [-0.25, -0.2) is 0 Å². The number of hydrogen-bond acceptors (Lipinski definition) is 2. The van der Waals surface area contributed by atoms with Gasteiger partial charge in [0.15, 0.2) is 11.6 Å². The number of pyridine rings is 1. The Kier molecular flexibility index (Phi) is 4.50. The van der Waals surface area contributed by atoms with Crippen LogP contribution in [0.4, 0.5) is 0 Å². The van der Waals surface area contributed by atoms with Gasteiger partial charge in [0, 0.05) is 28.7 Å². The van der Waals surface area contributed by atoms with E-state index in [4.69, 9.17) is 0 Å². The molecule has 2 aromatic heterocycles. The molecule has 0 N–H and O–H groups in total. The van der Waals surface area contributed by atoms with Crippen LogP contribution in [0.25, 0.3) is 16.6 Å². The minimum absolute atomic E-state index is 0.0788. The van der Waals surface area contributed by atoms with E-state index >= 15 is 0 Å². The SMILES string of the molecule is CC(=O)c1c(-c2ccccc2)c(C(=O)c2ccc(Br)cc2)c2ccccn12. The molecule has 0 saturated carbocycles. The molecule has 0 aliphatic rings. The fourth-order valence-corrected chi connectivity index (χ4v) is 3.68. The highest BCUT2D eigenvalue weighted by Gasteiger charge is 2.26. The zero-order valence-corrected chi connectivity index (χ0v) is 16.2. The lowest BCUT2D eigenvalue weighted by Crippen LogP contribution is -2.03. The number of aromatic nitrogens is 1. The largest absolute Gasteiger partial charge is 0.313 e. The summed E-state index contributed by atoms with van der Waals surface area (Å²) in [6, 6.07) is 22.5. The Bertz CT molecular complexity index is 1160. The molecule has 2 heterocycles. The Balaban J connectivity index is 2.08. The molecule has 0 atom stereocenters. The van der Waals surface area contributed by atoms with Crippen LogP contribution < -0.4 is 0 Å². The summed E-state index contributed by atoms with van der Waals surface area (Å²) in [4.78, 5) is 26.0. The predicted molar refractivity (Wildman–Crippen MR) is 110 cm³/mol. The fraction of sp³-hybridized carbons (Fsp3) is 0.0435. The normalized spacial score (nSPS) is 10.9. The average molecular weight is 418 g/mol. The molecule has 0 bridgehead atoms. The van der Waals surface area contributed by atoms with Gasteiger partial charge >= 0.3 is 0 Å². The molecule has 0 spiro atoms. The van der Waals surface area contributed by atoms with Crippen LogP contribution >= 0.6 is 15.9 Å². The van der Waals surface area contributed by atoms with Crippen molar-refractivity contribution in [2.45, 2.75) is 6.92 Å². The second-order valence-electron chi connectivity index (χ2n) is 6.31. The average Bonchev–Trinajstić information content (AvgIpc) is 3.04. The molecule has 0 aliphatic carbocycles. The Morgan fingerprint density at radius 1 is 0.852 bits per heavy atom. The third kappa shape index (κ3) is 3.02. The highest BCUT2D eigenvalue weighted by molar-refractivity contribution is 9.10. The molecule has 2 aromatic carbocycles. The summed E-state index contributed by atoms with van der Waals surface area (Å²) in [6.45, 7) is 1.54. The molecule has 4 heteroatoms. The third-order valence-corrected chi connectivity index (χ3v) is 5.10. The Labute approximate surface area is 165 Å². The summed E-state index contributed by atoms with van der Waals surface area (Å²) in [6.07, 6.45) is 1.83. The molecule has 4 aromatic rings. The number of Topliss-reactive ketones (excluding diaryl/α,β-unsaturated/α-hetero) is 1. The van der Waals surface area contributed by atoms with Gasteiger partial charge in [0.25, 0.3) is 0 Å². The molecule has 0 radical (unpaired) electrons. The van der Waals surface area contributed by atoms with Crippen molar-refractivity contribution in [3.05, 3.63) is 100 Å². The molecule has 0 unspecified atom stereocenters. The van der Waals surface area contributed by atoms with Gasteiger partial charge in [0.1, 0.15) is 0 Å². The van der Waals surface area contributed by atoms with Gasteiger partial charge in [-0.2, -0.15) is 0 Å². The van der Waals surface area contributed by atoms with Crippen molar-refractivity contribution in [2.75, 3.05) is 0 Å². The van der Waals surface area contributed by atoms with Crippen molar-refractivity contribution in [2.24, 2.45) is 0 Å². The number of carbonyl (C=O) groups excluding carboxylic acids is 2. The monoisotopic (exact) mass is 417 g/mol. The minimum atomic E-state index is -0.0995. The fourth-order valence-electron chi connectivity index (χ4n) is 3.42. The summed E-state index contributed by atoms with van der Waals surface area (Å²) in [5.74, 6) is -0.178. The molecule has 0 amide bonds. The lowest BCUT2D eigenvalue weighted by Gasteiger charge is -2.07. The van der Waals surface area contributed by atoms with Gasteiger partial charge in [-0.1, -0.05) is 52.3 Å². The van der Waals surface area contributed by atoms with E-state index in [2.05, 4.69) is 15.9 Å². The highest BCUT2D eigenvalue weighted by atomic mass is 79.9. The van der Waals surface area contributed by atoms with Gasteiger partial charge in [-0.3, -0.25) is 9.59 Å². The standard InChI is InChI=1S/C23H16BrNO2/c1-15(26)22-20(16-7-3-2-4-8-16)21(19-9-5-6-14-25(19)22)23(27)17-10-12-18(24)13-11-17/h2-14H,1H3. The second kappa shape index (κ2) is 6.97. The summed E-state index contributed by atoms with van der Waals surface area (Å²) in [5.41, 5.74) is 3.93. The van der Waals surface area contributed by atoms with Crippen molar-refractivity contribution in [3.63, 3.8) is 0 Å². The zero-order valence-electron chi connectivity index (χ0n) is 14.6. The van der Waals surface area contributed by atoms with Crippen LogP contribution in [0.1, 0.15) is 33.3 Å². The van der Waals surface area contributed by atoms with Gasteiger partial charge in [0.05, 0.1) is 16.8 Å². The highest BCUT2D eigenvalue weighted by Crippen LogP contribution is 2.35. The first-order chi connectivity index (χ1) is 13.1. The molecular formula is C23H16BrNO2. The first-order valence-corrected chi connectivity index (χ1v) is 9.37. The first-order valence-electron chi connectivity index (χ1n) is 8.57. The molecule has 3 nitrogen and oxygen atoms in total. The van der Waals surface area contributed by atoms with Crippen LogP contribution in [-0.2, 0) is 0 Å².